The van der Waals surface area contributed by atoms with Gasteiger partial charge in [0.1, 0.15) is 0 Å². The zero-order valence-corrected chi connectivity index (χ0v) is 18.6. The van der Waals surface area contributed by atoms with Crippen molar-refractivity contribution in [3.05, 3.63) is 82.5 Å². The summed E-state index contributed by atoms with van der Waals surface area (Å²) in [6, 6.07) is 15.4. The predicted molar refractivity (Wildman–Crippen MR) is 128 cm³/mol. The molecule has 1 saturated carbocycles. The minimum Gasteiger partial charge on any atom is -0.349 e. The van der Waals surface area contributed by atoms with E-state index >= 15 is 0 Å². The molecular formula is C26H27N5O2. The van der Waals surface area contributed by atoms with Crippen LogP contribution in [-0.2, 0) is 6.42 Å². The fraction of sp³-hybridized carbons (Fsp3) is 0.308. The standard InChI is InChI=1S/C26H27N5O2/c1-2-26(11-10-23-21-8-3-4-9-22(21)25(33)31-30-23)13-20(14-26)29-24(32)18-7-5-6-17(12-18)19-15-27-28-16-19/h3-9,12,15-16,20H,2,10-11,13-14H2,1H3,(H,27,28)(H,29,32)(H,31,33). The Bertz CT molecular complexity index is 1340. The first-order chi connectivity index (χ1) is 16.1. The number of amides is 1. The molecule has 0 unspecified atom stereocenters. The highest BCUT2D eigenvalue weighted by Gasteiger charge is 2.43. The third-order valence-electron chi connectivity index (χ3n) is 7.07. The van der Waals surface area contributed by atoms with Crippen LogP contribution >= 0.6 is 0 Å². The second kappa shape index (κ2) is 8.65. The van der Waals surface area contributed by atoms with Crippen LogP contribution in [0.25, 0.3) is 21.9 Å². The van der Waals surface area contributed by atoms with Crippen LogP contribution in [0.5, 0.6) is 0 Å². The number of hydrogen-bond acceptors (Lipinski definition) is 4. The number of aromatic amines is 2. The third-order valence-corrected chi connectivity index (χ3v) is 7.07. The number of aryl methyl sites for hydroxylation is 1. The molecule has 3 N–H and O–H groups in total. The molecule has 1 fully saturated rings. The van der Waals surface area contributed by atoms with E-state index in [-0.39, 0.29) is 22.9 Å². The molecule has 2 heterocycles. The predicted octanol–water partition coefficient (Wildman–Crippen LogP) is 4.23. The normalized spacial score (nSPS) is 19.8. The van der Waals surface area contributed by atoms with E-state index in [1.807, 2.05) is 54.7 Å². The Morgan fingerprint density at radius 2 is 1.94 bits per heavy atom. The van der Waals surface area contributed by atoms with Gasteiger partial charge in [0, 0.05) is 28.8 Å². The summed E-state index contributed by atoms with van der Waals surface area (Å²) >= 11 is 0. The van der Waals surface area contributed by atoms with Crippen LogP contribution in [0, 0.1) is 5.41 Å². The molecule has 4 aromatic rings. The second-order valence-electron chi connectivity index (χ2n) is 9.04. The summed E-state index contributed by atoms with van der Waals surface area (Å²) in [5.41, 5.74) is 3.56. The highest BCUT2D eigenvalue weighted by molar-refractivity contribution is 5.95. The van der Waals surface area contributed by atoms with Crippen molar-refractivity contribution in [3.8, 4) is 11.1 Å². The lowest BCUT2D eigenvalue weighted by molar-refractivity contribution is 0.0571. The number of nitrogens with one attached hydrogen (secondary N) is 3. The van der Waals surface area contributed by atoms with E-state index in [2.05, 4.69) is 32.6 Å². The first-order valence-electron chi connectivity index (χ1n) is 11.4. The minimum absolute atomic E-state index is 0.0386. The zero-order chi connectivity index (χ0) is 22.8. The highest BCUT2D eigenvalue weighted by atomic mass is 16.1. The van der Waals surface area contributed by atoms with Crippen LogP contribution in [0.15, 0.2) is 65.7 Å². The first-order valence-corrected chi connectivity index (χ1v) is 11.4. The summed E-state index contributed by atoms with van der Waals surface area (Å²) in [7, 11) is 0. The number of fused-ring (bicyclic) bond motifs is 1. The SMILES string of the molecule is CCC1(CCc2n[nH]c(=O)c3ccccc23)CC(NC(=O)c2cccc(-c3cn[nH]c3)c2)C1. The van der Waals surface area contributed by atoms with Crippen LogP contribution in [0.1, 0.15) is 48.7 Å². The molecule has 7 heteroatoms. The van der Waals surface area contributed by atoms with Crippen molar-refractivity contribution in [2.75, 3.05) is 0 Å². The number of rotatable bonds is 7. The summed E-state index contributed by atoms with van der Waals surface area (Å²) in [6.07, 6.45) is 8.32. The van der Waals surface area contributed by atoms with Crippen LogP contribution < -0.4 is 10.9 Å². The monoisotopic (exact) mass is 441 g/mol. The van der Waals surface area contributed by atoms with Crippen LogP contribution in [0.2, 0.25) is 0 Å². The fourth-order valence-corrected chi connectivity index (χ4v) is 5.02. The van der Waals surface area contributed by atoms with Gasteiger partial charge in [0.2, 0.25) is 0 Å². The Morgan fingerprint density at radius 3 is 2.70 bits per heavy atom. The number of carbonyl (C=O) groups is 1. The Morgan fingerprint density at radius 1 is 1.12 bits per heavy atom. The molecule has 0 spiro atoms. The quantitative estimate of drug-likeness (QED) is 0.399. The Balaban J connectivity index is 1.22. The number of nitrogens with zero attached hydrogens (tertiary/aromatic N) is 2. The molecule has 7 nitrogen and oxygen atoms in total. The van der Waals surface area contributed by atoms with Gasteiger partial charge in [-0.1, -0.05) is 43.7 Å². The lowest BCUT2D eigenvalue weighted by Crippen LogP contribution is -2.50. The van der Waals surface area contributed by atoms with Gasteiger partial charge >= 0.3 is 0 Å². The van der Waals surface area contributed by atoms with E-state index in [9.17, 15) is 9.59 Å². The molecule has 2 aromatic heterocycles. The molecule has 0 atom stereocenters. The summed E-state index contributed by atoms with van der Waals surface area (Å²) in [6.45, 7) is 2.21. The maximum Gasteiger partial charge on any atom is 0.272 e. The molecule has 0 radical (unpaired) electrons. The van der Waals surface area contributed by atoms with Gasteiger partial charge in [0.05, 0.1) is 17.3 Å². The number of carbonyl (C=O) groups excluding carboxylic acids is 1. The van der Waals surface area contributed by atoms with Crippen molar-refractivity contribution in [2.24, 2.45) is 5.41 Å². The van der Waals surface area contributed by atoms with E-state index in [1.165, 1.54) is 0 Å². The lowest BCUT2D eigenvalue weighted by Gasteiger charge is -2.48. The average Bonchev–Trinajstić information content (AvgIpc) is 3.37. The number of benzene rings is 2. The van der Waals surface area contributed by atoms with E-state index < -0.39 is 0 Å². The van der Waals surface area contributed by atoms with Gasteiger partial charge in [-0.15, -0.1) is 0 Å². The second-order valence-corrected chi connectivity index (χ2v) is 9.04. The Kier molecular flexibility index (Phi) is 5.54. The van der Waals surface area contributed by atoms with Gasteiger partial charge in [0.15, 0.2) is 0 Å². The van der Waals surface area contributed by atoms with Crippen molar-refractivity contribution in [1.82, 2.24) is 25.7 Å². The van der Waals surface area contributed by atoms with E-state index in [0.717, 1.165) is 54.3 Å². The summed E-state index contributed by atoms with van der Waals surface area (Å²) in [4.78, 5) is 24.9. The molecule has 33 heavy (non-hydrogen) atoms. The molecule has 0 bridgehead atoms. The maximum atomic E-state index is 12.8. The molecule has 1 aliphatic carbocycles. The number of hydrogen-bond donors (Lipinski definition) is 3. The largest absolute Gasteiger partial charge is 0.349 e. The van der Waals surface area contributed by atoms with Gasteiger partial charge < -0.3 is 5.32 Å². The molecule has 1 aliphatic rings. The van der Waals surface area contributed by atoms with Crippen molar-refractivity contribution in [3.63, 3.8) is 0 Å². The van der Waals surface area contributed by atoms with Crippen molar-refractivity contribution in [2.45, 2.75) is 45.1 Å². The summed E-state index contributed by atoms with van der Waals surface area (Å²) in [5.74, 6) is -0.0386. The molecule has 5 rings (SSSR count). The Hall–Kier alpha value is -3.74. The molecule has 1 amide bonds. The third kappa shape index (κ3) is 4.18. The van der Waals surface area contributed by atoms with Gasteiger partial charge in [-0.05, 0) is 54.9 Å². The fourth-order valence-electron chi connectivity index (χ4n) is 5.02. The van der Waals surface area contributed by atoms with Gasteiger partial charge in [-0.25, -0.2) is 5.10 Å². The smallest absolute Gasteiger partial charge is 0.272 e. The molecular weight excluding hydrogens is 414 g/mol. The maximum absolute atomic E-state index is 12.8. The summed E-state index contributed by atoms with van der Waals surface area (Å²) in [5, 5.41) is 18.6. The van der Waals surface area contributed by atoms with Crippen molar-refractivity contribution >= 4 is 16.7 Å². The average molecular weight is 442 g/mol. The van der Waals surface area contributed by atoms with Crippen LogP contribution in [-0.4, -0.2) is 32.3 Å². The molecule has 0 saturated heterocycles. The highest BCUT2D eigenvalue weighted by Crippen LogP contribution is 2.47. The van der Waals surface area contributed by atoms with Crippen LogP contribution in [0.4, 0.5) is 0 Å². The molecule has 2 aromatic carbocycles. The van der Waals surface area contributed by atoms with E-state index in [4.69, 9.17) is 0 Å². The molecule has 0 aliphatic heterocycles. The Labute approximate surface area is 191 Å². The van der Waals surface area contributed by atoms with Crippen molar-refractivity contribution in [1.29, 1.82) is 0 Å². The van der Waals surface area contributed by atoms with E-state index in [1.54, 1.807) is 6.20 Å². The van der Waals surface area contributed by atoms with Crippen LogP contribution in [0.3, 0.4) is 0 Å². The number of H-pyrrole nitrogens is 2. The zero-order valence-electron chi connectivity index (χ0n) is 18.6. The van der Waals surface area contributed by atoms with Gasteiger partial charge in [-0.3, -0.25) is 14.7 Å². The van der Waals surface area contributed by atoms with Crippen molar-refractivity contribution < 1.29 is 4.79 Å². The van der Waals surface area contributed by atoms with Gasteiger partial charge in [-0.2, -0.15) is 10.2 Å². The molecule has 168 valence electrons. The topological polar surface area (TPSA) is 104 Å². The first kappa shape index (κ1) is 21.1. The minimum atomic E-state index is -0.150. The van der Waals surface area contributed by atoms with Gasteiger partial charge in [0.25, 0.3) is 11.5 Å². The van der Waals surface area contributed by atoms with E-state index in [0.29, 0.717) is 10.9 Å². The lowest BCUT2D eigenvalue weighted by atomic mass is 9.61. The number of aromatic nitrogens is 4. The summed E-state index contributed by atoms with van der Waals surface area (Å²) < 4.78 is 0.